The predicted octanol–water partition coefficient (Wildman–Crippen LogP) is 4.83. The smallest absolute Gasteiger partial charge is 0.143 e. The van der Waals surface area contributed by atoms with Gasteiger partial charge in [0, 0.05) is 22.3 Å². The summed E-state index contributed by atoms with van der Waals surface area (Å²) in [6.45, 7) is 6.33. The molecule has 2 aromatic carbocycles. The first-order valence-electron chi connectivity index (χ1n) is 7.01. The number of nitrogens with two attached hydrogens (primary N) is 1. The van der Waals surface area contributed by atoms with Crippen LogP contribution in [0.15, 0.2) is 36.4 Å². The van der Waals surface area contributed by atoms with Gasteiger partial charge in [0.25, 0.3) is 0 Å². The van der Waals surface area contributed by atoms with Crippen molar-refractivity contribution in [3.8, 4) is 11.4 Å². The standard InChI is InChI=1S/C17H18ClN3/c1-10(2)21-16-9-12(18)5-7-15(16)20-17(21)13-8-11(3)4-6-14(13)19/h4-10H,19H2,1-3H3. The van der Waals surface area contributed by atoms with Gasteiger partial charge in [-0.2, -0.15) is 0 Å². The summed E-state index contributed by atoms with van der Waals surface area (Å²) >= 11 is 6.14. The number of anilines is 1. The van der Waals surface area contributed by atoms with Crippen LogP contribution in [-0.2, 0) is 0 Å². The minimum atomic E-state index is 0.267. The number of halogens is 1. The molecule has 3 rings (SSSR count). The van der Waals surface area contributed by atoms with Crippen LogP contribution in [0.4, 0.5) is 5.69 Å². The van der Waals surface area contributed by atoms with Gasteiger partial charge in [-0.1, -0.05) is 23.2 Å². The summed E-state index contributed by atoms with van der Waals surface area (Å²) in [5.41, 5.74) is 11.0. The Hall–Kier alpha value is -2.00. The highest BCUT2D eigenvalue weighted by atomic mass is 35.5. The summed E-state index contributed by atoms with van der Waals surface area (Å²) in [4.78, 5) is 4.77. The minimum Gasteiger partial charge on any atom is -0.398 e. The van der Waals surface area contributed by atoms with E-state index in [0.717, 1.165) is 28.1 Å². The van der Waals surface area contributed by atoms with E-state index in [-0.39, 0.29) is 6.04 Å². The molecule has 0 radical (unpaired) electrons. The molecule has 0 bridgehead atoms. The molecule has 0 amide bonds. The molecule has 3 nitrogen and oxygen atoms in total. The Kier molecular flexibility index (Phi) is 3.38. The average molecular weight is 300 g/mol. The lowest BCUT2D eigenvalue weighted by atomic mass is 10.1. The van der Waals surface area contributed by atoms with E-state index in [1.54, 1.807) is 0 Å². The Bertz CT molecular complexity index is 818. The third-order valence-corrected chi connectivity index (χ3v) is 3.85. The summed E-state index contributed by atoms with van der Waals surface area (Å²) in [6.07, 6.45) is 0. The van der Waals surface area contributed by atoms with Gasteiger partial charge < -0.3 is 10.3 Å². The normalized spacial score (nSPS) is 11.5. The third kappa shape index (κ3) is 2.38. The SMILES string of the molecule is Cc1ccc(N)c(-c2nc3ccc(Cl)cc3n2C(C)C)c1. The van der Waals surface area contributed by atoms with Crippen molar-refractivity contribution < 1.29 is 0 Å². The van der Waals surface area contributed by atoms with E-state index in [4.69, 9.17) is 22.3 Å². The topological polar surface area (TPSA) is 43.8 Å². The molecule has 0 aliphatic heterocycles. The summed E-state index contributed by atoms with van der Waals surface area (Å²) in [7, 11) is 0. The number of imidazole rings is 1. The second kappa shape index (κ2) is 5.08. The number of rotatable bonds is 2. The van der Waals surface area contributed by atoms with Crippen molar-refractivity contribution in [2.24, 2.45) is 0 Å². The van der Waals surface area contributed by atoms with E-state index in [2.05, 4.69) is 31.4 Å². The molecule has 1 heterocycles. The number of aryl methyl sites for hydroxylation is 1. The Labute approximate surface area is 129 Å². The van der Waals surface area contributed by atoms with Crippen molar-refractivity contribution in [2.75, 3.05) is 5.73 Å². The van der Waals surface area contributed by atoms with Crippen LogP contribution in [0, 0.1) is 6.92 Å². The molecule has 1 aromatic heterocycles. The lowest BCUT2D eigenvalue weighted by Crippen LogP contribution is -2.04. The van der Waals surface area contributed by atoms with E-state index >= 15 is 0 Å². The van der Waals surface area contributed by atoms with Crippen molar-refractivity contribution in [2.45, 2.75) is 26.8 Å². The van der Waals surface area contributed by atoms with Gasteiger partial charge in [0.1, 0.15) is 5.82 Å². The highest BCUT2D eigenvalue weighted by molar-refractivity contribution is 6.31. The molecule has 0 aliphatic rings. The van der Waals surface area contributed by atoms with Crippen LogP contribution in [0.2, 0.25) is 5.02 Å². The second-order valence-corrected chi connectivity index (χ2v) is 6.06. The molecule has 0 fully saturated rings. The quantitative estimate of drug-likeness (QED) is 0.689. The van der Waals surface area contributed by atoms with E-state index in [1.165, 1.54) is 5.56 Å². The van der Waals surface area contributed by atoms with Crippen LogP contribution < -0.4 is 5.73 Å². The van der Waals surface area contributed by atoms with Crippen LogP contribution >= 0.6 is 11.6 Å². The number of aromatic nitrogens is 2. The zero-order chi connectivity index (χ0) is 15.1. The highest BCUT2D eigenvalue weighted by Crippen LogP contribution is 2.33. The lowest BCUT2D eigenvalue weighted by Gasteiger charge is -2.14. The van der Waals surface area contributed by atoms with Gasteiger partial charge in [0.15, 0.2) is 0 Å². The van der Waals surface area contributed by atoms with Gasteiger partial charge in [-0.3, -0.25) is 0 Å². The van der Waals surface area contributed by atoms with E-state index in [1.807, 2.05) is 30.3 Å². The number of hydrogen-bond donors (Lipinski definition) is 1. The van der Waals surface area contributed by atoms with Crippen molar-refractivity contribution >= 4 is 28.3 Å². The number of nitrogens with zero attached hydrogens (tertiary/aromatic N) is 2. The first-order chi connectivity index (χ1) is 9.97. The predicted molar refractivity (Wildman–Crippen MR) is 89.7 cm³/mol. The molecule has 108 valence electrons. The van der Waals surface area contributed by atoms with Crippen molar-refractivity contribution in [1.82, 2.24) is 9.55 Å². The van der Waals surface area contributed by atoms with Crippen molar-refractivity contribution in [3.63, 3.8) is 0 Å². The third-order valence-electron chi connectivity index (χ3n) is 3.62. The maximum Gasteiger partial charge on any atom is 0.143 e. The molecule has 4 heteroatoms. The maximum atomic E-state index is 6.16. The Morgan fingerprint density at radius 2 is 1.90 bits per heavy atom. The zero-order valence-electron chi connectivity index (χ0n) is 12.4. The minimum absolute atomic E-state index is 0.267. The van der Waals surface area contributed by atoms with Crippen LogP contribution in [-0.4, -0.2) is 9.55 Å². The molecule has 21 heavy (non-hydrogen) atoms. The fraction of sp³-hybridized carbons (Fsp3) is 0.235. The molecule has 0 aliphatic carbocycles. The van der Waals surface area contributed by atoms with Crippen LogP contribution in [0.5, 0.6) is 0 Å². The van der Waals surface area contributed by atoms with Crippen molar-refractivity contribution in [3.05, 3.63) is 47.0 Å². The van der Waals surface area contributed by atoms with Gasteiger partial charge in [-0.15, -0.1) is 0 Å². The van der Waals surface area contributed by atoms with E-state index in [0.29, 0.717) is 5.02 Å². The largest absolute Gasteiger partial charge is 0.398 e. The summed E-state index contributed by atoms with van der Waals surface area (Å²) < 4.78 is 2.19. The van der Waals surface area contributed by atoms with Crippen molar-refractivity contribution in [1.29, 1.82) is 0 Å². The first kappa shape index (κ1) is 14.0. The summed E-state index contributed by atoms with van der Waals surface area (Å²) in [5.74, 6) is 0.892. The van der Waals surface area contributed by atoms with Gasteiger partial charge in [0.2, 0.25) is 0 Å². The molecule has 0 unspecified atom stereocenters. The molecule has 3 aromatic rings. The van der Waals surface area contributed by atoms with Gasteiger partial charge in [0.05, 0.1) is 11.0 Å². The Morgan fingerprint density at radius 1 is 1.14 bits per heavy atom. The van der Waals surface area contributed by atoms with Crippen LogP contribution in [0.3, 0.4) is 0 Å². The van der Waals surface area contributed by atoms with Gasteiger partial charge >= 0.3 is 0 Å². The Balaban J connectivity index is 2.36. The molecule has 0 atom stereocenters. The number of hydrogen-bond acceptors (Lipinski definition) is 2. The van der Waals surface area contributed by atoms with Gasteiger partial charge in [-0.05, 0) is 51.1 Å². The second-order valence-electron chi connectivity index (χ2n) is 5.62. The molecule has 0 saturated heterocycles. The van der Waals surface area contributed by atoms with Gasteiger partial charge in [-0.25, -0.2) is 4.98 Å². The average Bonchev–Trinajstić information content (AvgIpc) is 2.79. The van der Waals surface area contributed by atoms with Crippen LogP contribution in [0.25, 0.3) is 22.4 Å². The summed E-state index contributed by atoms with van der Waals surface area (Å²) in [6, 6.07) is 12.1. The fourth-order valence-electron chi connectivity index (χ4n) is 2.64. The first-order valence-corrected chi connectivity index (χ1v) is 7.39. The number of nitrogen functional groups attached to an aromatic ring is 1. The molecular weight excluding hydrogens is 282 g/mol. The molecule has 0 spiro atoms. The number of benzene rings is 2. The lowest BCUT2D eigenvalue weighted by molar-refractivity contribution is 0.624. The fourth-order valence-corrected chi connectivity index (χ4v) is 2.81. The van der Waals surface area contributed by atoms with Crippen LogP contribution in [0.1, 0.15) is 25.5 Å². The molecule has 0 saturated carbocycles. The molecule has 2 N–H and O–H groups in total. The highest BCUT2D eigenvalue weighted by Gasteiger charge is 2.17. The number of fused-ring (bicyclic) bond motifs is 1. The maximum absolute atomic E-state index is 6.16. The Morgan fingerprint density at radius 3 is 2.62 bits per heavy atom. The molecular formula is C17H18ClN3. The van der Waals surface area contributed by atoms with E-state index in [9.17, 15) is 0 Å². The zero-order valence-corrected chi connectivity index (χ0v) is 13.1. The summed E-state index contributed by atoms with van der Waals surface area (Å²) in [5, 5.41) is 0.716. The van der Waals surface area contributed by atoms with E-state index < -0.39 is 0 Å². The monoisotopic (exact) mass is 299 g/mol.